The first-order chi connectivity index (χ1) is 13.2. The largest absolute Gasteiger partial charge is 0.469 e. The van der Waals surface area contributed by atoms with Crippen molar-refractivity contribution in [1.29, 1.82) is 0 Å². The highest BCUT2D eigenvalue weighted by atomic mass is 35.5. The highest BCUT2D eigenvalue weighted by Crippen LogP contribution is 2.16. The molecule has 28 heavy (non-hydrogen) atoms. The smallest absolute Gasteiger partial charge is 0.307 e. The fourth-order valence-electron chi connectivity index (χ4n) is 2.58. The van der Waals surface area contributed by atoms with Gasteiger partial charge < -0.3 is 25.4 Å². The van der Waals surface area contributed by atoms with Gasteiger partial charge in [0.2, 0.25) is 11.8 Å². The van der Waals surface area contributed by atoms with Crippen LogP contribution in [0.4, 0.5) is 0 Å². The average molecular weight is 414 g/mol. The molecule has 0 saturated heterocycles. The minimum absolute atomic E-state index is 0.00229. The van der Waals surface area contributed by atoms with Crippen LogP contribution in [-0.2, 0) is 30.3 Å². The lowest BCUT2D eigenvalue weighted by Crippen LogP contribution is -2.55. The van der Waals surface area contributed by atoms with Crippen LogP contribution in [0.1, 0.15) is 18.9 Å². The molecule has 2 amide bonds. The van der Waals surface area contributed by atoms with Gasteiger partial charge in [0.05, 0.1) is 26.2 Å². The van der Waals surface area contributed by atoms with E-state index in [1.165, 1.54) is 26.0 Å². The molecule has 0 fully saturated rings. The molecule has 3 N–H and O–H groups in total. The topological polar surface area (TPSA) is 111 Å². The molecular weight excluding hydrogens is 386 g/mol. The number of hydrogen-bond donors (Lipinski definition) is 2. The zero-order valence-corrected chi connectivity index (χ0v) is 17.4. The van der Waals surface area contributed by atoms with Gasteiger partial charge in [0.15, 0.2) is 0 Å². The Morgan fingerprint density at radius 3 is 2.32 bits per heavy atom. The zero-order chi connectivity index (χ0) is 21.3. The van der Waals surface area contributed by atoms with E-state index in [9.17, 15) is 14.4 Å². The first-order valence-electron chi connectivity index (χ1n) is 8.82. The van der Waals surface area contributed by atoms with Gasteiger partial charge in [-0.25, -0.2) is 0 Å². The number of nitrogens with two attached hydrogens (primary N) is 1. The molecule has 1 aromatic rings. The number of rotatable bonds is 10. The van der Waals surface area contributed by atoms with Crippen molar-refractivity contribution in [2.75, 3.05) is 27.9 Å². The molecule has 0 saturated carbocycles. The quantitative estimate of drug-likeness (QED) is 0.547. The van der Waals surface area contributed by atoms with Crippen LogP contribution in [0, 0.1) is 0 Å². The van der Waals surface area contributed by atoms with E-state index >= 15 is 0 Å². The summed E-state index contributed by atoms with van der Waals surface area (Å²) in [7, 11) is 4.30. The minimum atomic E-state index is -0.918. The molecule has 0 bridgehead atoms. The Morgan fingerprint density at radius 1 is 1.21 bits per heavy atom. The minimum Gasteiger partial charge on any atom is -0.469 e. The van der Waals surface area contributed by atoms with E-state index in [2.05, 4.69) is 5.32 Å². The van der Waals surface area contributed by atoms with Crippen LogP contribution in [0.2, 0.25) is 5.02 Å². The summed E-state index contributed by atoms with van der Waals surface area (Å²) in [5.41, 5.74) is 6.47. The maximum atomic E-state index is 13.0. The van der Waals surface area contributed by atoms with Crippen molar-refractivity contribution in [3.05, 3.63) is 34.9 Å². The van der Waals surface area contributed by atoms with E-state index in [0.717, 1.165) is 5.56 Å². The van der Waals surface area contributed by atoms with Gasteiger partial charge in [0.25, 0.3) is 0 Å². The Labute approximate surface area is 170 Å². The number of methoxy groups -OCH3 is 2. The monoisotopic (exact) mass is 413 g/mol. The second kappa shape index (κ2) is 11.6. The lowest BCUT2D eigenvalue weighted by atomic mass is 10.0. The molecule has 3 atom stereocenters. The second-order valence-electron chi connectivity index (χ2n) is 6.52. The number of halogens is 1. The fourth-order valence-corrected chi connectivity index (χ4v) is 2.71. The third kappa shape index (κ3) is 7.46. The SMILES string of the molecule is COC[C@H](NC(=O)[C@H](C)N)C(=O)N(C)[C@H](CC(=O)OC)Cc1ccc(Cl)cc1. The number of carbonyl (C=O) groups excluding carboxylic acids is 3. The number of likely N-dealkylation sites (N-methyl/N-ethyl adjacent to an activating group) is 1. The molecule has 0 aliphatic rings. The highest BCUT2D eigenvalue weighted by Gasteiger charge is 2.30. The first kappa shape index (κ1) is 23.9. The van der Waals surface area contributed by atoms with E-state index < -0.39 is 35.9 Å². The van der Waals surface area contributed by atoms with Crippen LogP contribution in [0.5, 0.6) is 0 Å². The normalized spacial score (nSPS) is 13.9. The summed E-state index contributed by atoms with van der Waals surface area (Å²) in [4.78, 5) is 38.2. The van der Waals surface area contributed by atoms with Crippen molar-refractivity contribution < 1.29 is 23.9 Å². The average Bonchev–Trinajstić information content (AvgIpc) is 2.67. The van der Waals surface area contributed by atoms with E-state index in [0.29, 0.717) is 11.4 Å². The van der Waals surface area contributed by atoms with E-state index in [4.69, 9.17) is 26.8 Å². The van der Waals surface area contributed by atoms with Gasteiger partial charge in [0, 0.05) is 25.2 Å². The molecule has 1 aromatic carbocycles. The van der Waals surface area contributed by atoms with E-state index in [1.807, 2.05) is 12.1 Å². The summed E-state index contributed by atoms with van der Waals surface area (Å²) in [5, 5.41) is 3.17. The van der Waals surface area contributed by atoms with Gasteiger partial charge in [-0.2, -0.15) is 0 Å². The van der Waals surface area contributed by atoms with Crippen LogP contribution >= 0.6 is 11.6 Å². The van der Waals surface area contributed by atoms with Crippen molar-refractivity contribution in [2.24, 2.45) is 5.73 Å². The number of benzene rings is 1. The number of nitrogens with one attached hydrogen (secondary N) is 1. The summed E-state index contributed by atoms with van der Waals surface area (Å²) >= 11 is 5.92. The molecular formula is C19H28ClN3O5. The molecule has 1 rings (SSSR count). The van der Waals surface area contributed by atoms with Gasteiger partial charge in [-0.3, -0.25) is 14.4 Å². The van der Waals surface area contributed by atoms with Crippen LogP contribution < -0.4 is 11.1 Å². The number of esters is 1. The molecule has 0 aromatic heterocycles. The molecule has 0 aliphatic carbocycles. The van der Waals surface area contributed by atoms with Gasteiger partial charge in [0.1, 0.15) is 6.04 Å². The Bertz CT molecular complexity index is 666. The zero-order valence-electron chi connectivity index (χ0n) is 16.6. The fraction of sp³-hybridized carbons (Fsp3) is 0.526. The Morgan fingerprint density at radius 2 is 1.82 bits per heavy atom. The third-order valence-corrected chi connectivity index (χ3v) is 4.52. The van der Waals surface area contributed by atoms with Crippen molar-refractivity contribution >= 4 is 29.4 Å². The Balaban J connectivity index is 3.01. The van der Waals surface area contributed by atoms with Gasteiger partial charge in [-0.15, -0.1) is 0 Å². The summed E-state index contributed by atoms with van der Waals surface area (Å²) in [6.07, 6.45) is 0.414. The summed E-state index contributed by atoms with van der Waals surface area (Å²) in [5.74, 6) is -1.30. The number of nitrogens with zero attached hydrogens (tertiary/aromatic N) is 1. The van der Waals surface area contributed by atoms with Crippen LogP contribution in [-0.4, -0.2) is 68.7 Å². The van der Waals surface area contributed by atoms with E-state index in [1.54, 1.807) is 19.2 Å². The Kier molecular flexibility index (Phi) is 9.92. The molecule has 8 nitrogen and oxygen atoms in total. The molecule has 9 heteroatoms. The van der Waals surface area contributed by atoms with Crippen LogP contribution in [0.15, 0.2) is 24.3 Å². The van der Waals surface area contributed by atoms with Crippen LogP contribution in [0.3, 0.4) is 0 Å². The maximum absolute atomic E-state index is 13.0. The maximum Gasteiger partial charge on any atom is 0.307 e. The standard InChI is InChI=1S/C19H28ClN3O5/c1-12(21)18(25)22-16(11-27-3)19(26)23(2)15(10-17(24)28-4)9-13-5-7-14(20)8-6-13/h5-8,12,15-16H,9-11,21H2,1-4H3,(H,22,25)/t12-,15-,16-/m0/s1. The van der Waals surface area contributed by atoms with Crippen LogP contribution in [0.25, 0.3) is 0 Å². The predicted molar refractivity (Wildman–Crippen MR) is 106 cm³/mol. The lowest BCUT2D eigenvalue weighted by Gasteiger charge is -2.31. The number of carbonyl (C=O) groups is 3. The first-order valence-corrected chi connectivity index (χ1v) is 9.20. The second-order valence-corrected chi connectivity index (χ2v) is 6.96. The van der Waals surface area contributed by atoms with Crippen molar-refractivity contribution in [3.63, 3.8) is 0 Å². The van der Waals surface area contributed by atoms with E-state index in [-0.39, 0.29) is 13.0 Å². The predicted octanol–water partition coefficient (Wildman–Crippen LogP) is 0.751. The summed E-state index contributed by atoms with van der Waals surface area (Å²) in [6.45, 7) is 1.50. The van der Waals surface area contributed by atoms with Crippen molar-refractivity contribution in [3.8, 4) is 0 Å². The highest BCUT2D eigenvalue weighted by molar-refractivity contribution is 6.30. The van der Waals surface area contributed by atoms with Gasteiger partial charge in [-0.1, -0.05) is 23.7 Å². The molecule has 0 radical (unpaired) electrons. The summed E-state index contributed by atoms with van der Waals surface area (Å²) in [6, 6.07) is 4.98. The Hall–Kier alpha value is -2.16. The number of ether oxygens (including phenoxy) is 2. The number of hydrogen-bond acceptors (Lipinski definition) is 6. The van der Waals surface area contributed by atoms with Gasteiger partial charge >= 0.3 is 5.97 Å². The van der Waals surface area contributed by atoms with Crippen molar-refractivity contribution in [2.45, 2.75) is 37.9 Å². The molecule has 156 valence electrons. The molecule has 0 unspecified atom stereocenters. The molecule has 0 spiro atoms. The van der Waals surface area contributed by atoms with Gasteiger partial charge in [-0.05, 0) is 31.0 Å². The lowest BCUT2D eigenvalue weighted by molar-refractivity contribution is -0.144. The molecule has 0 aliphatic heterocycles. The van der Waals surface area contributed by atoms with Crippen molar-refractivity contribution in [1.82, 2.24) is 10.2 Å². The number of amides is 2. The molecule has 0 heterocycles. The summed E-state index contributed by atoms with van der Waals surface area (Å²) < 4.78 is 9.82. The third-order valence-electron chi connectivity index (χ3n) is 4.27.